The summed E-state index contributed by atoms with van der Waals surface area (Å²) in [4.78, 5) is 36.7. The summed E-state index contributed by atoms with van der Waals surface area (Å²) in [7, 11) is 1.31. The smallest absolute Gasteiger partial charge is 0.337 e. The van der Waals surface area contributed by atoms with Gasteiger partial charge in [0.25, 0.3) is 0 Å². The van der Waals surface area contributed by atoms with Gasteiger partial charge in [-0.15, -0.1) is 0 Å². The SMILES string of the molecule is COC(=O)c1ccc(NC(=O)N2C[C@@H](C(N)=O)CC[C@H]2C)cc1. The fourth-order valence-corrected chi connectivity index (χ4v) is 2.62. The standard InChI is InChI=1S/C16H21N3O4/c1-10-3-4-12(14(17)20)9-19(10)16(22)18-13-7-5-11(6-8-13)15(21)23-2/h5-8,10,12H,3-4,9H2,1-2H3,(H2,17,20)(H,18,22)/t10-,12+/m1/s1. The van der Waals surface area contributed by atoms with E-state index in [4.69, 9.17) is 5.73 Å². The van der Waals surface area contributed by atoms with E-state index in [0.717, 1.165) is 6.42 Å². The fourth-order valence-electron chi connectivity index (χ4n) is 2.62. The van der Waals surface area contributed by atoms with Crippen LogP contribution < -0.4 is 11.1 Å². The van der Waals surface area contributed by atoms with Crippen LogP contribution in [0.4, 0.5) is 10.5 Å². The molecule has 2 atom stereocenters. The lowest BCUT2D eigenvalue weighted by Crippen LogP contribution is -2.50. The predicted molar refractivity (Wildman–Crippen MR) is 84.9 cm³/mol. The number of primary amides is 1. The average molecular weight is 319 g/mol. The lowest BCUT2D eigenvalue weighted by Gasteiger charge is -2.36. The van der Waals surface area contributed by atoms with E-state index < -0.39 is 5.97 Å². The quantitative estimate of drug-likeness (QED) is 0.826. The van der Waals surface area contributed by atoms with Gasteiger partial charge in [-0.3, -0.25) is 4.79 Å². The molecule has 124 valence electrons. The van der Waals surface area contributed by atoms with Crippen molar-refractivity contribution in [2.24, 2.45) is 11.7 Å². The molecule has 2 rings (SSSR count). The van der Waals surface area contributed by atoms with Gasteiger partial charge in [-0.05, 0) is 44.0 Å². The molecular weight excluding hydrogens is 298 g/mol. The molecule has 1 aliphatic rings. The Balaban J connectivity index is 2.02. The second-order valence-electron chi connectivity index (χ2n) is 5.68. The molecule has 0 spiro atoms. The Hall–Kier alpha value is -2.57. The van der Waals surface area contributed by atoms with Gasteiger partial charge in [0.1, 0.15) is 0 Å². The first-order valence-corrected chi connectivity index (χ1v) is 7.47. The topological polar surface area (TPSA) is 102 Å². The number of carbonyl (C=O) groups excluding carboxylic acids is 3. The van der Waals surface area contributed by atoms with Crippen LogP contribution in [-0.2, 0) is 9.53 Å². The number of hydrogen-bond acceptors (Lipinski definition) is 4. The van der Waals surface area contributed by atoms with Crippen molar-refractivity contribution >= 4 is 23.6 Å². The third kappa shape index (κ3) is 4.00. The van der Waals surface area contributed by atoms with Gasteiger partial charge in [-0.1, -0.05) is 0 Å². The van der Waals surface area contributed by atoms with E-state index in [-0.39, 0.29) is 23.9 Å². The number of anilines is 1. The number of piperidine rings is 1. The van der Waals surface area contributed by atoms with Crippen LogP contribution in [0.15, 0.2) is 24.3 Å². The summed E-state index contributed by atoms with van der Waals surface area (Å²) in [6.45, 7) is 2.26. The van der Waals surface area contributed by atoms with Gasteiger partial charge in [0.05, 0.1) is 18.6 Å². The molecule has 0 aliphatic carbocycles. The Labute approximate surface area is 134 Å². The van der Waals surface area contributed by atoms with Crippen LogP contribution in [0.2, 0.25) is 0 Å². The Morgan fingerprint density at radius 1 is 1.22 bits per heavy atom. The third-order valence-corrected chi connectivity index (χ3v) is 4.10. The normalized spacial score (nSPS) is 20.7. The lowest BCUT2D eigenvalue weighted by molar-refractivity contribution is -0.123. The van der Waals surface area contributed by atoms with Crippen molar-refractivity contribution < 1.29 is 19.1 Å². The first-order valence-electron chi connectivity index (χ1n) is 7.47. The molecule has 0 saturated carbocycles. The van der Waals surface area contributed by atoms with Crippen LogP contribution >= 0.6 is 0 Å². The zero-order valence-electron chi connectivity index (χ0n) is 13.2. The Morgan fingerprint density at radius 2 is 1.87 bits per heavy atom. The third-order valence-electron chi connectivity index (χ3n) is 4.10. The van der Waals surface area contributed by atoms with Crippen molar-refractivity contribution in [2.75, 3.05) is 19.0 Å². The molecule has 0 unspecified atom stereocenters. The number of methoxy groups -OCH3 is 1. The minimum absolute atomic E-state index is 0.0416. The summed E-state index contributed by atoms with van der Waals surface area (Å²) in [5, 5.41) is 2.77. The van der Waals surface area contributed by atoms with Crippen molar-refractivity contribution in [1.82, 2.24) is 4.90 Å². The Morgan fingerprint density at radius 3 is 2.43 bits per heavy atom. The van der Waals surface area contributed by atoms with Crippen LogP contribution in [0, 0.1) is 5.92 Å². The van der Waals surface area contributed by atoms with Gasteiger partial charge >= 0.3 is 12.0 Å². The number of carbonyl (C=O) groups is 3. The number of amides is 3. The van der Waals surface area contributed by atoms with E-state index >= 15 is 0 Å². The molecule has 0 radical (unpaired) electrons. The van der Waals surface area contributed by atoms with E-state index in [0.29, 0.717) is 24.2 Å². The first kappa shape index (κ1) is 16.8. The highest BCUT2D eigenvalue weighted by atomic mass is 16.5. The molecule has 7 heteroatoms. The Kier molecular flexibility index (Phi) is 5.20. The highest BCUT2D eigenvalue weighted by molar-refractivity contribution is 5.92. The summed E-state index contributed by atoms with van der Waals surface area (Å²) >= 11 is 0. The number of ether oxygens (including phenoxy) is 1. The molecule has 23 heavy (non-hydrogen) atoms. The molecule has 1 heterocycles. The maximum Gasteiger partial charge on any atom is 0.337 e. The Bertz CT molecular complexity index is 600. The lowest BCUT2D eigenvalue weighted by atomic mass is 9.93. The minimum atomic E-state index is -0.433. The van der Waals surface area contributed by atoms with Crippen molar-refractivity contribution in [3.8, 4) is 0 Å². The molecule has 1 aromatic carbocycles. The van der Waals surface area contributed by atoms with Crippen LogP contribution in [0.25, 0.3) is 0 Å². The zero-order valence-corrected chi connectivity index (χ0v) is 13.2. The number of rotatable bonds is 3. The van der Waals surface area contributed by atoms with E-state index in [1.807, 2.05) is 6.92 Å². The van der Waals surface area contributed by atoms with Crippen molar-refractivity contribution in [1.29, 1.82) is 0 Å². The van der Waals surface area contributed by atoms with Gasteiger partial charge in [0.2, 0.25) is 5.91 Å². The first-order chi connectivity index (χ1) is 10.9. The van der Waals surface area contributed by atoms with Gasteiger partial charge < -0.3 is 20.7 Å². The van der Waals surface area contributed by atoms with E-state index in [9.17, 15) is 14.4 Å². The molecule has 7 nitrogen and oxygen atoms in total. The van der Waals surface area contributed by atoms with E-state index in [1.165, 1.54) is 7.11 Å². The molecule has 0 bridgehead atoms. The van der Waals surface area contributed by atoms with Crippen molar-refractivity contribution in [3.63, 3.8) is 0 Å². The van der Waals surface area contributed by atoms with Gasteiger partial charge in [-0.25, -0.2) is 9.59 Å². The number of nitrogens with one attached hydrogen (secondary N) is 1. The van der Waals surface area contributed by atoms with Crippen LogP contribution in [0.1, 0.15) is 30.1 Å². The van der Waals surface area contributed by atoms with E-state index in [2.05, 4.69) is 10.1 Å². The molecular formula is C16H21N3O4. The monoisotopic (exact) mass is 319 g/mol. The largest absolute Gasteiger partial charge is 0.465 e. The number of urea groups is 1. The summed E-state index contributed by atoms with van der Waals surface area (Å²) in [5.41, 5.74) is 6.32. The maximum absolute atomic E-state index is 12.4. The van der Waals surface area contributed by atoms with Crippen molar-refractivity contribution in [2.45, 2.75) is 25.8 Å². The predicted octanol–water partition coefficient (Wildman–Crippen LogP) is 1.59. The highest BCUT2D eigenvalue weighted by Gasteiger charge is 2.31. The van der Waals surface area contributed by atoms with Crippen LogP contribution in [0.3, 0.4) is 0 Å². The number of nitrogens with two attached hydrogens (primary N) is 1. The molecule has 1 fully saturated rings. The molecule has 3 N–H and O–H groups in total. The average Bonchev–Trinajstić information content (AvgIpc) is 2.54. The minimum Gasteiger partial charge on any atom is -0.465 e. The zero-order chi connectivity index (χ0) is 17.0. The number of esters is 1. The second-order valence-corrected chi connectivity index (χ2v) is 5.68. The van der Waals surface area contributed by atoms with Gasteiger partial charge in [-0.2, -0.15) is 0 Å². The summed E-state index contributed by atoms with van der Waals surface area (Å²) < 4.78 is 4.62. The van der Waals surface area contributed by atoms with Crippen LogP contribution in [0.5, 0.6) is 0 Å². The molecule has 0 aromatic heterocycles. The summed E-state index contributed by atoms with van der Waals surface area (Å²) in [5.74, 6) is -1.12. The number of likely N-dealkylation sites (tertiary alicyclic amines) is 1. The summed E-state index contributed by atoms with van der Waals surface area (Å²) in [6.07, 6.45) is 1.44. The molecule has 3 amide bonds. The summed E-state index contributed by atoms with van der Waals surface area (Å²) in [6, 6.07) is 6.17. The second kappa shape index (κ2) is 7.13. The molecule has 1 saturated heterocycles. The molecule has 1 aliphatic heterocycles. The maximum atomic E-state index is 12.4. The highest BCUT2D eigenvalue weighted by Crippen LogP contribution is 2.22. The number of nitrogens with zero attached hydrogens (tertiary/aromatic N) is 1. The van der Waals surface area contributed by atoms with E-state index in [1.54, 1.807) is 29.2 Å². The van der Waals surface area contributed by atoms with Gasteiger partial charge in [0.15, 0.2) is 0 Å². The number of benzene rings is 1. The molecule has 1 aromatic rings. The van der Waals surface area contributed by atoms with Crippen molar-refractivity contribution in [3.05, 3.63) is 29.8 Å². The van der Waals surface area contributed by atoms with Crippen LogP contribution in [-0.4, -0.2) is 42.5 Å². The number of hydrogen-bond donors (Lipinski definition) is 2. The van der Waals surface area contributed by atoms with Gasteiger partial charge in [0, 0.05) is 18.3 Å². The fraction of sp³-hybridized carbons (Fsp3) is 0.438.